The molecule has 0 unspecified atom stereocenters. The Labute approximate surface area is 123 Å². The predicted octanol–water partition coefficient (Wildman–Crippen LogP) is 1.06. The fourth-order valence-electron chi connectivity index (χ4n) is 1.99. The molecule has 0 aliphatic rings. The van der Waals surface area contributed by atoms with E-state index in [1.54, 1.807) is 31.3 Å². The van der Waals surface area contributed by atoms with Crippen molar-refractivity contribution in [2.45, 2.75) is 6.54 Å². The van der Waals surface area contributed by atoms with E-state index in [-0.39, 0.29) is 12.3 Å². The van der Waals surface area contributed by atoms with Gasteiger partial charge >= 0.3 is 0 Å². The van der Waals surface area contributed by atoms with Crippen LogP contribution in [0, 0.1) is 0 Å². The number of nitrogens with zero attached hydrogens (tertiary/aromatic N) is 5. The highest BCUT2D eigenvalue weighted by atomic mass is 35.5. The highest BCUT2D eigenvalue weighted by molar-refractivity contribution is 6.33. The fraction of sp³-hybridized carbons (Fsp3) is 0.154. The van der Waals surface area contributed by atoms with Gasteiger partial charge in [-0.05, 0) is 12.1 Å². The van der Waals surface area contributed by atoms with Crippen LogP contribution >= 0.6 is 11.6 Å². The van der Waals surface area contributed by atoms with E-state index in [0.717, 1.165) is 4.68 Å². The first-order valence-corrected chi connectivity index (χ1v) is 6.49. The lowest BCUT2D eigenvalue weighted by atomic mass is 10.1. The molecule has 0 spiro atoms. The lowest BCUT2D eigenvalue weighted by Gasteiger charge is -2.04. The van der Waals surface area contributed by atoms with Gasteiger partial charge in [-0.1, -0.05) is 28.9 Å². The molecular formula is C13H10ClN5O2. The van der Waals surface area contributed by atoms with E-state index < -0.39 is 5.56 Å². The number of halogens is 1. The zero-order valence-electron chi connectivity index (χ0n) is 11.0. The Morgan fingerprint density at radius 2 is 2.10 bits per heavy atom. The lowest BCUT2D eigenvalue weighted by molar-refractivity contribution is 0.0965. The number of Topliss-reactive ketones (excluding diaryl/α,β-unsaturated/α-hetero) is 1. The summed E-state index contributed by atoms with van der Waals surface area (Å²) in [4.78, 5) is 24.4. The van der Waals surface area contributed by atoms with Gasteiger partial charge in [-0.25, -0.2) is 9.36 Å². The number of rotatable bonds is 3. The Balaban J connectivity index is 1.99. The molecule has 1 aromatic carbocycles. The molecule has 0 aliphatic carbocycles. The smallest absolute Gasteiger partial charge is 0.281 e. The number of benzene rings is 1. The Hall–Kier alpha value is -2.54. The van der Waals surface area contributed by atoms with E-state index >= 15 is 0 Å². The van der Waals surface area contributed by atoms with Crippen molar-refractivity contribution in [2.24, 2.45) is 7.05 Å². The third-order valence-corrected chi connectivity index (χ3v) is 3.42. The Morgan fingerprint density at radius 3 is 2.86 bits per heavy atom. The van der Waals surface area contributed by atoms with Crippen LogP contribution in [0.1, 0.15) is 10.4 Å². The topological polar surface area (TPSA) is 82.7 Å². The molecule has 0 saturated heterocycles. The number of hydrogen-bond acceptors (Lipinski definition) is 5. The summed E-state index contributed by atoms with van der Waals surface area (Å²) in [6.07, 6.45) is 1.41. The maximum absolute atomic E-state index is 12.2. The van der Waals surface area contributed by atoms with Gasteiger partial charge in [-0.2, -0.15) is 5.10 Å². The van der Waals surface area contributed by atoms with E-state index in [1.807, 2.05) is 0 Å². The molecule has 3 aromatic rings. The van der Waals surface area contributed by atoms with Gasteiger partial charge in [0, 0.05) is 12.6 Å². The average Bonchev–Trinajstić information content (AvgIpc) is 2.84. The standard InChI is InChI=1S/C13H10ClN5O2/c1-18-12-9(6-15-18)13(21)19(17-16-12)7-11(20)8-4-2-3-5-10(8)14/h2-6H,7H2,1H3. The van der Waals surface area contributed by atoms with Gasteiger partial charge < -0.3 is 0 Å². The third-order valence-electron chi connectivity index (χ3n) is 3.09. The van der Waals surface area contributed by atoms with Gasteiger partial charge in [0.2, 0.25) is 0 Å². The SMILES string of the molecule is Cn1ncc2c(=O)n(CC(=O)c3ccccc3Cl)nnc21. The summed E-state index contributed by atoms with van der Waals surface area (Å²) in [5.41, 5.74) is 0.314. The van der Waals surface area contributed by atoms with Crippen LogP contribution in [0.5, 0.6) is 0 Å². The number of aromatic nitrogens is 5. The summed E-state index contributed by atoms with van der Waals surface area (Å²) < 4.78 is 2.46. The van der Waals surface area contributed by atoms with Crippen LogP contribution in [0.3, 0.4) is 0 Å². The molecule has 0 fully saturated rings. The number of carbonyl (C=O) groups excluding carboxylic acids is 1. The van der Waals surface area contributed by atoms with Gasteiger partial charge in [-0.3, -0.25) is 9.59 Å². The molecule has 0 saturated carbocycles. The monoisotopic (exact) mass is 303 g/mol. The van der Waals surface area contributed by atoms with E-state index in [4.69, 9.17) is 11.6 Å². The maximum Gasteiger partial charge on any atom is 0.281 e. The van der Waals surface area contributed by atoms with E-state index in [0.29, 0.717) is 21.6 Å². The van der Waals surface area contributed by atoms with E-state index in [2.05, 4.69) is 15.4 Å². The Kier molecular flexibility index (Phi) is 3.26. The van der Waals surface area contributed by atoms with Crippen molar-refractivity contribution in [1.29, 1.82) is 0 Å². The first-order chi connectivity index (χ1) is 10.1. The average molecular weight is 304 g/mol. The van der Waals surface area contributed by atoms with E-state index in [1.165, 1.54) is 10.9 Å². The molecule has 0 bridgehead atoms. The van der Waals surface area contributed by atoms with Crippen LogP contribution in [-0.2, 0) is 13.6 Å². The molecule has 8 heteroatoms. The van der Waals surface area contributed by atoms with Crippen molar-refractivity contribution in [1.82, 2.24) is 24.8 Å². The molecule has 106 valence electrons. The molecule has 0 radical (unpaired) electrons. The van der Waals surface area contributed by atoms with Gasteiger partial charge in [0.25, 0.3) is 5.56 Å². The third kappa shape index (κ3) is 2.31. The second-order valence-corrected chi connectivity index (χ2v) is 4.87. The zero-order chi connectivity index (χ0) is 15.0. The second-order valence-electron chi connectivity index (χ2n) is 4.46. The van der Waals surface area contributed by atoms with Crippen LogP contribution < -0.4 is 5.56 Å². The van der Waals surface area contributed by atoms with Crippen molar-refractivity contribution in [3.63, 3.8) is 0 Å². The minimum absolute atomic E-state index is 0.222. The van der Waals surface area contributed by atoms with Gasteiger partial charge in [0.1, 0.15) is 11.9 Å². The summed E-state index contributed by atoms with van der Waals surface area (Å²) in [5, 5.41) is 12.3. The number of hydrogen-bond donors (Lipinski definition) is 0. The summed E-state index contributed by atoms with van der Waals surface area (Å²) in [7, 11) is 1.66. The highest BCUT2D eigenvalue weighted by Crippen LogP contribution is 2.15. The van der Waals surface area contributed by atoms with Crippen molar-refractivity contribution in [3.8, 4) is 0 Å². The second kappa shape index (κ2) is 5.10. The summed E-state index contributed by atoms with van der Waals surface area (Å²) in [5.74, 6) is -0.305. The molecule has 7 nitrogen and oxygen atoms in total. The molecule has 2 aromatic heterocycles. The predicted molar refractivity (Wildman–Crippen MR) is 76.3 cm³/mol. The number of ketones is 1. The van der Waals surface area contributed by atoms with Crippen molar-refractivity contribution < 1.29 is 4.79 Å². The van der Waals surface area contributed by atoms with Crippen molar-refractivity contribution >= 4 is 28.4 Å². The minimum Gasteiger partial charge on any atom is -0.292 e. The van der Waals surface area contributed by atoms with Crippen molar-refractivity contribution in [2.75, 3.05) is 0 Å². The summed E-state index contributed by atoms with van der Waals surface area (Å²) in [6.45, 7) is -0.222. The largest absolute Gasteiger partial charge is 0.292 e. The number of fused-ring (bicyclic) bond motifs is 1. The molecular weight excluding hydrogens is 294 g/mol. The molecule has 21 heavy (non-hydrogen) atoms. The zero-order valence-corrected chi connectivity index (χ0v) is 11.8. The molecule has 3 rings (SSSR count). The first-order valence-electron chi connectivity index (χ1n) is 6.11. The van der Waals surface area contributed by atoms with Crippen LogP contribution in [0.25, 0.3) is 11.0 Å². The molecule has 2 heterocycles. The quantitative estimate of drug-likeness (QED) is 0.676. The Morgan fingerprint density at radius 1 is 1.33 bits per heavy atom. The van der Waals surface area contributed by atoms with Crippen LogP contribution in [0.15, 0.2) is 35.3 Å². The molecule has 0 atom stereocenters. The van der Waals surface area contributed by atoms with Crippen molar-refractivity contribution in [3.05, 3.63) is 51.4 Å². The molecule has 0 amide bonds. The summed E-state index contributed by atoms with van der Waals surface area (Å²) in [6, 6.07) is 6.66. The normalized spacial score (nSPS) is 11.0. The van der Waals surface area contributed by atoms with E-state index in [9.17, 15) is 9.59 Å². The van der Waals surface area contributed by atoms with Crippen LogP contribution in [-0.4, -0.2) is 30.6 Å². The highest BCUT2D eigenvalue weighted by Gasteiger charge is 2.15. The maximum atomic E-state index is 12.2. The number of aryl methyl sites for hydroxylation is 1. The van der Waals surface area contributed by atoms with Gasteiger partial charge in [-0.15, -0.1) is 5.10 Å². The van der Waals surface area contributed by atoms with Crippen LogP contribution in [0.2, 0.25) is 5.02 Å². The van der Waals surface area contributed by atoms with Crippen LogP contribution in [0.4, 0.5) is 0 Å². The molecule has 0 N–H and O–H groups in total. The summed E-state index contributed by atoms with van der Waals surface area (Å²) >= 11 is 5.97. The Bertz CT molecular complexity index is 899. The lowest BCUT2D eigenvalue weighted by Crippen LogP contribution is -2.28. The number of carbonyl (C=O) groups is 1. The minimum atomic E-state index is -0.409. The molecule has 0 aliphatic heterocycles. The van der Waals surface area contributed by atoms with Gasteiger partial charge in [0.05, 0.1) is 11.2 Å². The fourth-order valence-corrected chi connectivity index (χ4v) is 2.23. The first kappa shape index (κ1) is 13.4. The van der Waals surface area contributed by atoms with Gasteiger partial charge in [0.15, 0.2) is 11.4 Å².